The number of aliphatic hydroxyl groups excluding tert-OH is 2. The number of carbonyl (C=O) groups excluding carboxylic acids is 2. The Bertz CT molecular complexity index is 591. The summed E-state index contributed by atoms with van der Waals surface area (Å²) in [6.07, 6.45) is -0.941. The normalized spacial score (nSPS) is 26.8. The van der Waals surface area contributed by atoms with E-state index in [9.17, 15) is 19.8 Å². The van der Waals surface area contributed by atoms with Crippen molar-refractivity contribution in [1.82, 2.24) is 4.90 Å². The molecule has 0 spiro atoms. The number of hydrogen-bond donors (Lipinski definition) is 2. The first kappa shape index (κ1) is 17.3. The number of esters is 1. The smallest absolute Gasteiger partial charge is 0.302 e. The molecule has 1 aromatic heterocycles. The number of aromatic nitrogens is 1. The van der Waals surface area contributed by atoms with E-state index in [1.807, 2.05) is 0 Å². The van der Waals surface area contributed by atoms with Crippen LogP contribution in [0.15, 0.2) is 24.5 Å². The highest BCUT2D eigenvalue weighted by Gasteiger charge is 2.48. The number of ether oxygens (including phenoxy) is 2. The fourth-order valence-corrected chi connectivity index (χ4v) is 2.35. The molecule has 0 bridgehead atoms. The lowest BCUT2D eigenvalue weighted by Crippen LogP contribution is -2.46. The van der Waals surface area contributed by atoms with Gasteiger partial charge in [-0.1, -0.05) is 0 Å². The predicted molar refractivity (Wildman–Crippen MR) is 77.2 cm³/mol. The number of amides is 1. The SMILES string of the molecule is CC(=O)OC[C@H]1O[C@@H]([n+]2cccc(C(=O)N(C)C)c2)C(O)C1O. The van der Waals surface area contributed by atoms with Crippen molar-refractivity contribution in [2.45, 2.75) is 31.5 Å². The topological polar surface area (TPSA) is 100 Å². The van der Waals surface area contributed by atoms with E-state index in [0.717, 1.165) is 0 Å². The number of rotatable bonds is 4. The maximum atomic E-state index is 12.0. The number of aliphatic hydroxyl groups is 2. The van der Waals surface area contributed by atoms with Crippen LogP contribution in [0.4, 0.5) is 0 Å². The third-order valence-corrected chi connectivity index (χ3v) is 3.56. The van der Waals surface area contributed by atoms with Gasteiger partial charge < -0.3 is 24.6 Å². The van der Waals surface area contributed by atoms with Gasteiger partial charge in [0.25, 0.3) is 12.1 Å². The second-order valence-corrected chi connectivity index (χ2v) is 5.59. The van der Waals surface area contributed by atoms with Gasteiger partial charge in [-0.15, -0.1) is 0 Å². The van der Waals surface area contributed by atoms with Gasteiger partial charge in [0.15, 0.2) is 18.5 Å². The van der Waals surface area contributed by atoms with Crippen LogP contribution >= 0.6 is 0 Å². The van der Waals surface area contributed by atoms with Gasteiger partial charge in [0.1, 0.15) is 24.4 Å². The van der Waals surface area contributed by atoms with Crippen molar-refractivity contribution in [1.29, 1.82) is 0 Å². The first-order chi connectivity index (χ1) is 10.8. The van der Waals surface area contributed by atoms with Crippen molar-refractivity contribution in [3.05, 3.63) is 30.1 Å². The summed E-state index contributed by atoms with van der Waals surface area (Å²) in [6.45, 7) is 1.10. The molecule has 0 saturated carbocycles. The number of nitrogens with zero attached hydrogens (tertiary/aromatic N) is 2. The number of pyridine rings is 1. The summed E-state index contributed by atoms with van der Waals surface area (Å²) in [7, 11) is 3.28. The summed E-state index contributed by atoms with van der Waals surface area (Å²) in [6, 6.07) is 3.30. The molecule has 1 aliphatic rings. The van der Waals surface area contributed by atoms with E-state index < -0.39 is 30.5 Å². The second kappa shape index (κ2) is 7.03. The number of hydrogen-bond acceptors (Lipinski definition) is 6. The van der Waals surface area contributed by atoms with E-state index in [1.165, 1.54) is 22.6 Å². The minimum atomic E-state index is -1.20. The molecule has 1 aromatic rings. The highest BCUT2D eigenvalue weighted by Crippen LogP contribution is 2.25. The van der Waals surface area contributed by atoms with Crippen LogP contribution in [0.3, 0.4) is 0 Å². The Kier molecular flexibility index (Phi) is 5.30. The van der Waals surface area contributed by atoms with Crippen LogP contribution in [0.25, 0.3) is 0 Å². The maximum Gasteiger partial charge on any atom is 0.302 e. The minimum Gasteiger partial charge on any atom is -0.463 e. The van der Waals surface area contributed by atoms with Crippen LogP contribution in [0.1, 0.15) is 23.5 Å². The standard InChI is InChI=1S/C15H21N2O6/c1-9(18)22-8-11-12(19)13(20)15(23-11)17-6-4-5-10(7-17)14(21)16(2)3/h4-7,11-13,15,19-20H,8H2,1-3H3/q+1/t11-,12?,13?,15-/m1/s1. The van der Waals surface area contributed by atoms with Crippen LogP contribution in [0.2, 0.25) is 0 Å². The van der Waals surface area contributed by atoms with Crippen LogP contribution in [-0.4, -0.2) is 66.0 Å². The van der Waals surface area contributed by atoms with Gasteiger partial charge in [-0.25, -0.2) is 0 Å². The first-order valence-electron chi connectivity index (χ1n) is 7.18. The predicted octanol–water partition coefficient (Wildman–Crippen LogP) is -1.14. The van der Waals surface area contributed by atoms with Gasteiger partial charge >= 0.3 is 5.97 Å². The van der Waals surface area contributed by atoms with Gasteiger partial charge in [0, 0.05) is 27.1 Å². The highest BCUT2D eigenvalue weighted by molar-refractivity contribution is 5.93. The molecule has 2 N–H and O–H groups in total. The third kappa shape index (κ3) is 3.84. The Morgan fingerprint density at radius 3 is 2.65 bits per heavy atom. The van der Waals surface area contributed by atoms with E-state index in [-0.39, 0.29) is 12.5 Å². The summed E-state index contributed by atoms with van der Waals surface area (Å²) in [4.78, 5) is 24.3. The van der Waals surface area contributed by atoms with Crippen molar-refractivity contribution < 1.29 is 33.8 Å². The quantitative estimate of drug-likeness (QED) is 0.536. The fourth-order valence-electron chi connectivity index (χ4n) is 2.35. The first-order valence-corrected chi connectivity index (χ1v) is 7.18. The molecule has 1 saturated heterocycles. The molecule has 2 unspecified atom stereocenters. The van der Waals surface area contributed by atoms with Crippen LogP contribution in [0, 0.1) is 0 Å². The summed E-state index contributed by atoms with van der Waals surface area (Å²) in [5.74, 6) is -0.686. The van der Waals surface area contributed by atoms with E-state index in [2.05, 4.69) is 0 Å². The van der Waals surface area contributed by atoms with E-state index in [0.29, 0.717) is 5.56 Å². The van der Waals surface area contributed by atoms with Crippen LogP contribution in [-0.2, 0) is 14.3 Å². The average Bonchev–Trinajstić information content (AvgIpc) is 2.80. The minimum absolute atomic E-state index is 0.152. The molecule has 0 radical (unpaired) electrons. The zero-order chi connectivity index (χ0) is 17.1. The largest absolute Gasteiger partial charge is 0.463 e. The molecule has 1 fully saturated rings. The van der Waals surface area contributed by atoms with Crippen molar-refractivity contribution in [2.75, 3.05) is 20.7 Å². The third-order valence-electron chi connectivity index (χ3n) is 3.56. The molecule has 2 heterocycles. The van der Waals surface area contributed by atoms with E-state index in [1.54, 1.807) is 32.4 Å². The lowest BCUT2D eigenvalue weighted by Gasteiger charge is -2.12. The van der Waals surface area contributed by atoms with Crippen molar-refractivity contribution >= 4 is 11.9 Å². The fraction of sp³-hybridized carbons (Fsp3) is 0.533. The zero-order valence-corrected chi connectivity index (χ0v) is 13.2. The molecule has 8 heteroatoms. The monoisotopic (exact) mass is 325 g/mol. The Labute approximate surface area is 133 Å². The lowest BCUT2D eigenvalue weighted by atomic mass is 10.1. The molecule has 0 aliphatic carbocycles. The molecular formula is C15H21N2O6+. The Balaban J connectivity index is 2.17. The average molecular weight is 325 g/mol. The van der Waals surface area contributed by atoms with Crippen molar-refractivity contribution in [3.63, 3.8) is 0 Å². The molecule has 1 amide bonds. The van der Waals surface area contributed by atoms with Crippen LogP contribution in [0.5, 0.6) is 0 Å². The Morgan fingerprint density at radius 1 is 1.35 bits per heavy atom. The highest BCUT2D eigenvalue weighted by atomic mass is 16.6. The van der Waals surface area contributed by atoms with E-state index in [4.69, 9.17) is 9.47 Å². The molecule has 8 nitrogen and oxygen atoms in total. The summed E-state index contributed by atoms with van der Waals surface area (Å²) in [5.41, 5.74) is 0.422. The molecule has 4 atom stereocenters. The maximum absolute atomic E-state index is 12.0. The van der Waals surface area contributed by atoms with Crippen molar-refractivity contribution in [2.24, 2.45) is 0 Å². The second-order valence-electron chi connectivity index (χ2n) is 5.59. The van der Waals surface area contributed by atoms with Gasteiger partial charge in [-0.05, 0) is 6.07 Å². The molecular weight excluding hydrogens is 304 g/mol. The molecule has 1 aliphatic heterocycles. The van der Waals surface area contributed by atoms with Gasteiger partial charge in [-0.2, -0.15) is 4.57 Å². The zero-order valence-electron chi connectivity index (χ0n) is 13.2. The molecule has 23 heavy (non-hydrogen) atoms. The van der Waals surface area contributed by atoms with Gasteiger partial charge in [0.2, 0.25) is 0 Å². The summed E-state index contributed by atoms with van der Waals surface area (Å²) >= 11 is 0. The lowest BCUT2D eigenvalue weighted by molar-refractivity contribution is -0.765. The van der Waals surface area contributed by atoms with Gasteiger partial charge in [0.05, 0.1) is 0 Å². The summed E-state index contributed by atoms with van der Waals surface area (Å²) < 4.78 is 11.9. The van der Waals surface area contributed by atoms with Crippen LogP contribution < -0.4 is 4.57 Å². The molecule has 2 rings (SSSR count). The Morgan fingerprint density at radius 2 is 2.04 bits per heavy atom. The van der Waals surface area contributed by atoms with E-state index >= 15 is 0 Å². The Hall–Kier alpha value is -2.03. The number of carbonyl (C=O) groups is 2. The van der Waals surface area contributed by atoms with Crippen molar-refractivity contribution in [3.8, 4) is 0 Å². The molecule has 0 aromatic carbocycles. The molecule has 126 valence electrons. The summed E-state index contributed by atoms with van der Waals surface area (Å²) in [5, 5.41) is 20.2. The van der Waals surface area contributed by atoms with Gasteiger partial charge in [-0.3, -0.25) is 9.59 Å².